The number of carbonyl (C=O) groups excluding carboxylic acids is 1. The number of aromatic hydroxyl groups is 1. The molecule has 19 heavy (non-hydrogen) atoms. The van der Waals surface area contributed by atoms with E-state index >= 15 is 0 Å². The van der Waals surface area contributed by atoms with Crippen LogP contribution in [0, 0.1) is 5.82 Å². The van der Waals surface area contributed by atoms with E-state index in [4.69, 9.17) is 5.11 Å². The van der Waals surface area contributed by atoms with Crippen molar-refractivity contribution in [3.8, 4) is 5.75 Å². The molecule has 0 heterocycles. The van der Waals surface area contributed by atoms with E-state index in [9.17, 15) is 9.18 Å². The Labute approximate surface area is 109 Å². The lowest BCUT2D eigenvalue weighted by atomic mass is 10.2. The summed E-state index contributed by atoms with van der Waals surface area (Å²) in [6.07, 6.45) is 1.45. The molecular weight excluding hydrogens is 247 g/mol. The van der Waals surface area contributed by atoms with Crippen LogP contribution in [-0.4, -0.2) is 17.2 Å². The Morgan fingerprint density at radius 3 is 2.37 bits per heavy atom. The van der Waals surface area contributed by atoms with E-state index < -0.39 is 11.7 Å². The predicted molar refractivity (Wildman–Crippen MR) is 69.6 cm³/mol. The zero-order valence-electron chi connectivity index (χ0n) is 9.88. The highest BCUT2D eigenvalue weighted by Gasteiger charge is 2.03. The van der Waals surface area contributed by atoms with Crippen LogP contribution in [0.2, 0.25) is 0 Å². The number of nitrogens with one attached hydrogen (secondary N) is 1. The van der Waals surface area contributed by atoms with E-state index in [1.807, 2.05) is 0 Å². The zero-order chi connectivity index (χ0) is 13.7. The maximum atomic E-state index is 12.7. The maximum absolute atomic E-state index is 12.7. The molecular formula is C14H11FN2O2. The van der Waals surface area contributed by atoms with Gasteiger partial charge in [0.05, 0.1) is 6.21 Å². The summed E-state index contributed by atoms with van der Waals surface area (Å²) in [6.45, 7) is 0. The van der Waals surface area contributed by atoms with E-state index in [2.05, 4.69) is 10.5 Å². The lowest BCUT2D eigenvalue weighted by molar-refractivity contribution is 0.0955. The fourth-order valence-corrected chi connectivity index (χ4v) is 1.39. The topological polar surface area (TPSA) is 61.7 Å². The number of nitrogens with zero attached hydrogens (tertiary/aromatic N) is 1. The predicted octanol–water partition coefficient (Wildman–Crippen LogP) is 2.30. The molecule has 96 valence electrons. The molecule has 0 bridgehead atoms. The molecule has 2 aromatic rings. The number of phenols is 1. The molecule has 0 fully saturated rings. The fourth-order valence-electron chi connectivity index (χ4n) is 1.39. The van der Waals surface area contributed by atoms with Gasteiger partial charge in [-0.1, -0.05) is 0 Å². The van der Waals surface area contributed by atoms with Crippen LogP contribution in [0.3, 0.4) is 0 Å². The highest BCUT2D eigenvalue weighted by Crippen LogP contribution is 2.07. The van der Waals surface area contributed by atoms with Crippen molar-refractivity contribution < 1.29 is 14.3 Å². The van der Waals surface area contributed by atoms with Crippen molar-refractivity contribution >= 4 is 12.1 Å². The lowest BCUT2D eigenvalue weighted by Crippen LogP contribution is -2.17. The molecule has 0 aliphatic carbocycles. The highest BCUT2D eigenvalue weighted by molar-refractivity contribution is 5.94. The second-order valence-corrected chi connectivity index (χ2v) is 3.80. The minimum atomic E-state index is -0.421. The summed E-state index contributed by atoms with van der Waals surface area (Å²) in [7, 11) is 0. The molecule has 0 saturated carbocycles. The number of hydrogen-bond donors (Lipinski definition) is 2. The van der Waals surface area contributed by atoms with E-state index in [1.165, 1.54) is 42.6 Å². The van der Waals surface area contributed by atoms with Gasteiger partial charge in [0.25, 0.3) is 5.91 Å². The summed E-state index contributed by atoms with van der Waals surface area (Å²) < 4.78 is 12.7. The Hall–Kier alpha value is -2.69. The van der Waals surface area contributed by atoms with Gasteiger partial charge in [-0.25, -0.2) is 9.82 Å². The first-order chi connectivity index (χ1) is 9.15. The Morgan fingerprint density at radius 1 is 1.11 bits per heavy atom. The Morgan fingerprint density at radius 2 is 1.74 bits per heavy atom. The van der Waals surface area contributed by atoms with Gasteiger partial charge in [0.2, 0.25) is 0 Å². The first-order valence-corrected chi connectivity index (χ1v) is 5.53. The van der Waals surface area contributed by atoms with Crippen molar-refractivity contribution in [2.45, 2.75) is 0 Å². The molecule has 5 heteroatoms. The first kappa shape index (κ1) is 12.8. The maximum Gasteiger partial charge on any atom is 0.271 e. The second kappa shape index (κ2) is 5.77. The van der Waals surface area contributed by atoms with Crippen molar-refractivity contribution in [1.29, 1.82) is 0 Å². The number of halogens is 1. The SMILES string of the molecule is O=C(N/N=C\c1ccc(O)cc1)c1ccc(F)cc1. The summed E-state index contributed by atoms with van der Waals surface area (Å²) in [5.41, 5.74) is 3.38. The third kappa shape index (κ3) is 3.64. The third-order valence-electron chi connectivity index (χ3n) is 2.38. The van der Waals surface area contributed by atoms with Gasteiger partial charge in [-0.2, -0.15) is 5.10 Å². The van der Waals surface area contributed by atoms with Gasteiger partial charge in [0.15, 0.2) is 0 Å². The quantitative estimate of drug-likeness (QED) is 0.655. The van der Waals surface area contributed by atoms with Crippen molar-refractivity contribution in [2.75, 3.05) is 0 Å². The summed E-state index contributed by atoms with van der Waals surface area (Å²) in [4.78, 5) is 11.6. The van der Waals surface area contributed by atoms with Crippen molar-refractivity contribution in [2.24, 2.45) is 5.10 Å². The Kier molecular flexibility index (Phi) is 3.87. The number of carbonyl (C=O) groups is 1. The van der Waals surface area contributed by atoms with Gasteiger partial charge in [0.1, 0.15) is 11.6 Å². The molecule has 2 aromatic carbocycles. The zero-order valence-corrected chi connectivity index (χ0v) is 9.88. The van der Waals surface area contributed by atoms with Crippen LogP contribution in [-0.2, 0) is 0 Å². The summed E-state index contributed by atoms with van der Waals surface area (Å²) in [6, 6.07) is 11.5. The largest absolute Gasteiger partial charge is 0.508 e. The molecule has 0 unspecified atom stereocenters. The first-order valence-electron chi connectivity index (χ1n) is 5.53. The highest BCUT2D eigenvalue weighted by atomic mass is 19.1. The average molecular weight is 258 g/mol. The van der Waals surface area contributed by atoms with E-state index in [1.54, 1.807) is 12.1 Å². The van der Waals surface area contributed by atoms with Crippen LogP contribution in [0.1, 0.15) is 15.9 Å². The van der Waals surface area contributed by atoms with Crippen molar-refractivity contribution in [3.05, 3.63) is 65.5 Å². The number of phenolic OH excluding ortho intramolecular Hbond substituents is 1. The van der Waals surface area contributed by atoms with Crippen LogP contribution < -0.4 is 5.43 Å². The molecule has 0 atom stereocenters. The van der Waals surface area contributed by atoms with Crippen LogP contribution in [0.15, 0.2) is 53.6 Å². The molecule has 1 amide bonds. The molecule has 0 spiro atoms. The van der Waals surface area contributed by atoms with Crippen LogP contribution in [0.4, 0.5) is 4.39 Å². The van der Waals surface area contributed by atoms with Crippen LogP contribution >= 0.6 is 0 Å². The minimum Gasteiger partial charge on any atom is -0.508 e. The monoisotopic (exact) mass is 258 g/mol. The molecule has 0 saturated heterocycles. The lowest BCUT2D eigenvalue weighted by Gasteiger charge is -1.99. The van der Waals surface area contributed by atoms with E-state index in [0.29, 0.717) is 5.56 Å². The van der Waals surface area contributed by atoms with Gasteiger partial charge in [-0.15, -0.1) is 0 Å². The van der Waals surface area contributed by atoms with Gasteiger partial charge in [-0.05, 0) is 54.1 Å². The molecule has 0 aliphatic heterocycles. The standard InChI is InChI=1S/C14H11FN2O2/c15-12-5-3-11(4-6-12)14(19)17-16-9-10-1-7-13(18)8-2-10/h1-9,18H,(H,17,19)/b16-9-. The molecule has 2 rings (SSSR count). The summed E-state index contributed by atoms with van der Waals surface area (Å²) in [5, 5.41) is 12.9. The molecule has 0 aromatic heterocycles. The number of amides is 1. The van der Waals surface area contributed by atoms with Gasteiger partial charge in [-0.3, -0.25) is 4.79 Å². The second-order valence-electron chi connectivity index (χ2n) is 3.80. The number of benzene rings is 2. The smallest absolute Gasteiger partial charge is 0.271 e. The Balaban J connectivity index is 1.96. The molecule has 2 N–H and O–H groups in total. The van der Waals surface area contributed by atoms with Gasteiger partial charge < -0.3 is 5.11 Å². The normalized spacial score (nSPS) is 10.6. The number of hydrazone groups is 1. The van der Waals surface area contributed by atoms with Gasteiger partial charge >= 0.3 is 0 Å². The fraction of sp³-hybridized carbons (Fsp3) is 0. The van der Waals surface area contributed by atoms with Crippen LogP contribution in [0.25, 0.3) is 0 Å². The summed E-state index contributed by atoms with van der Waals surface area (Å²) >= 11 is 0. The minimum absolute atomic E-state index is 0.160. The molecule has 0 aliphatic rings. The van der Waals surface area contributed by atoms with E-state index in [0.717, 1.165) is 5.56 Å². The summed E-state index contributed by atoms with van der Waals surface area (Å²) in [5.74, 6) is -0.660. The third-order valence-corrected chi connectivity index (χ3v) is 2.38. The van der Waals surface area contributed by atoms with Gasteiger partial charge in [0, 0.05) is 5.56 Å². The molecule has 4 nitrogen and oxygen atoms in total. The van der Waals surface area contributed by atoms with E-state index in [-0.39, 0.29) is 5.75 Å². The van der Waals surface area contributed by atoms with Crippen molar-refractivity contribution in [3.63, 3.8) is 0 Å². The van der Waals surface area contributed by atoms with Crippen LogP contribution in [0.5, 0.6) is 5.75 Å². The number of hydrogen-bond acceptors (Lipinski definition) is 3. The average Bonchev–Trinajstić information content (AvgIpc) is 2.41. The Bertz CT molecular complexity index is 592. The van der Waals surface area contributed by atoms with Crippen molar-refractivity contribution in [1.82, 2.24) is 5.43 Å². The molecule has 0 radical (unpaired) electrons. The number of rotatable bonds is 3.